The third-order valence-corrected chi connectivity index (χ3v) is 2.09. The largest absolute Gasteiger partial charge is 0.399 e. The summed E-state index contributed by atoms with van der Waals surface area (Å²) in [6, 6.07) is 5.44. The van der Waals surface area contributed by atoms with Crippen molar-refractivity contribution >= 4 is 12.0 Å². The lowest BCUT2D eigenvalue weighted by molar-refractivity contribution is 0.112. The second-order valence-corrected chi connectivity index (χ2v) is 3.18. The lowest BCUT2D eigenvalue weighted by atomic mass is 10.0. The molecule has 0 bridgehead atoms. The molecule has 0 saturated heterocycles. The molecule has 0 radical (unpaired) electrons. The SMILES string of the molecule is CCCCc1cc(N)ccc1C=O. The van der Waals surface area contributed by atoms with E-state index in [1.54, 1.807) is 12.1 Å². The van der Waals surface area contributed by atoms with Gasteiger partial charge < -0.3 is 5.73 Å². The van der Waals surface area contributed by atoms with Crippen molar-refractivity contribution in [3.63, 3.8) is 0 Å². The van der Waals surface area contributed by atoms with E-state index in [0.29, 0.717) is 0 Å². The highest BCUT2D eigenvalue weighted by Crippen LogP contribution is 2.14. The zero-order valence-electron chi connectivity index (χ0n) is 7.92. The Hall–Kier alpha value is -1.31. The molecule has 0 atom stereocenters. The minimum Gasteiger partial charge on any atom is -0.399 e. The molecule has 2 heteroatoms. The van der Waals surface area contributed by atoms with E-state index in [-0.39, 0.29) is 0 Å². The van der Waals surface area contributed by atoms with Crippen LogP contribution in [0.4, 0.5) is 5.69 Å². The molecule has 0 spiro atoms. The summed E-state index contributed by atoms with van der Waals surface area (Å²) >= 11 is 0. The first-order valence-electron chi connectivity index (χ1n) is 4.61. The molecule has 70 valence electrons. The van der Waals surface area contributed by atoms with Gasteiger partial charge in [0.2, 0.25) is 0 Å². The summed E-state index contributed by atoms with van der Waals surface area (Å²) in [4.78, 5) is 10.7. The molecule has 0 fully saturated rings. The van der Waals surface area contributed by atoms with Gasteiger partial charge in [-0.3, -0.25) is 4.79 Å². The molecule has 1 aromatic rings. The number of aldehydes is 1. The van der Waals surface area contributed by atoms with Crippen LogP contribution in [0.15, 0.2) is 18.2 Å². The molecule has 0 amide bonds. The quantitative estimate of drug-likeness (QED) is 0.567. The minimum atomic E-state index is 0.733. The second kappa shape index (κ2) is 4.65. The van der Waals surface area contributed by atoms with Crippen LogP contribution in [0.1, 0.15) is 35.7 Å². The predicted octanol–water partition coefficient (Wildman–Crippen LogP) is 2.42. The van der Waals surface area contributed by atoms with Crippen LogP contribution in [-0.2, 0) is 6.42 Å². The Balaban J connectivity index is 2.87. The Morgan fingerprint density at radius 2 is 2.23 bits per heavy atom. The number of nitrogens with two attached hydrogens (primary N) is 1. The molecule has 2 N–H and O–H groups in total. The molecule has 0 aromatic heterocycles. The number of carbonyl (C=O) groups is 1. The van der Waals surface area contributed by atoms with Gasteiger partial charge in [-0.05, 0) is 36.6 Å². The molecule has 0 unspecified atom stereocenters. The van der Waals surface area contributed by atoms with Gasteiger partial charge in [-0.25, -0.2) is 0 Å². The van der Waals surface area contributed by atoms with Gasteiger partial charge in [0.05, 0.1) is 0 Å². The zero-order valence-corrected chi connectivity index (χ0v) is 7.92. The number of hydrogen-bond acceptors (Lipinski definition) is 2. The number of unbranched alkanes of at least 4 members (excludes halogenated alkanes) is 1. The minimum absolute atomic E-state index is 0.733. The monoisotopic (exact) mass is 177 g/mol. The predicted molar refractivity (Wildman–Crippen MR) is 54.9 cm³/mol. The van der Waals surface area contributed by atoms with Crippen LogP contribution < -0.4 is 5.73 Å². The zero-order chi connectivity index (χ0) is 9.68. The van der Waals surface area contributed by atoms with Gasteiger partial charge in [-0.1, -0.05) is 13.3 Å². The lowest BCUT2D eigenvalue weighted by Crippen LogP contribution is -1.95. The number of hydrogen-bond donors (Lipinski definition) is 1. The molecule has 0 heterocycles. The van der Waals surface area contributed by atoms with Crippen LogP contribution in [0.5, 0.6) is 0 Å². The van der Waals surface area contributed by atoms with Crippen molar-refractivity contribution in [2.75, 3.05) is 5.73 Å². The highest BCUT2D eigenvalue weighted by molar-refractivity contribution is 5.78. The first-order valence-corrected chi connectivity index (χ1v) is 4.61. The van der Waals surface area contributed by atoms with E-state index < -0.39 is 0 Å². The Kier molecular flexibility index (Phi) is 3.50. The topological polar surface area (TPSA) is 43.1 Å². The van der Waals surface area contributed by atoms with Crippen LogP contribution in [0.25, 0.3) is 0 Å². The fourth-order valence-electron chi connectivity index (χ4n) is 1.32. The smallest absolute Gasteiger partial charge is 0.150 e. The summed E-state index contributed by atoms with van der Waals surface area (Å²) in [6.07, 6.45) is 4.07. The Morgan fingerprint density at radius 3 is 2.85 bits per heavy atom. The van der Waals surface area contributed by atoms with E-state index in [4.69, 9.17) is 5.73 Å². The molecule has 0 aliphatic heterocycles. The van der Waals surface area contributed by atoms with Crippen LogP contribution in [0.2, 0.25) is 0 Å². The van der Waals surface area contributed by atoms with E-state index in [2.05, 4.69) is 6.92 Å². The lowest BCUT2D eigenvalue weighted by Gasteiger charge is -2.04. The third kappa shape index (κ3) is 2.58. The van der Waals surface area contributed by atoms with Crippen molar-refractivity contribution in [1.29, 1.82) is 0 Å². The maximum Gasteiger partial charge on any atom is 0.150 e. The van der Waals surface area contributed by atoms with Crippen molar-refractivity contribution < 1.29 is 4.79 Å². The van der Waals surface area contributed by atoms with Crippen LogP contribution >= 0.6 is 0 Å². The maximum absolute atomic E-state index is 10.7. The Morgan fingerprint density at radius 1 is 1.46 bits per heavy atom. The first-order chi connectivity index (χ1) is 6.27. The second-order valence-electron chi connectivity index (χ2n) is 3.18. The molecule has 0 aliphatic rings. The van der Waals surface area contributed by atoms with E-state index in [9.17, 15) is 4.79 Å². The Bertz CT molecular complexity index is 294. The normalized spacial score (nSPS) is 9.92. The van der Waals surface area contributed by atoms with Crippen LogP contribution in [0, 0.1) is 0 Å². The average molecular weight is 177 g/mol. The van der Waals surface area contributed by atoms with Gasteiger partial charge in [0.1, 0.15) is 6.29 Å². The highest BCUT2D eigenvalue weighted by Gasteiger charge is 2.00. The molecule has 13 heavy (non-hydrogen) atoms. The average Bonchev–Trinajstić information content (AvgIpc) is 2.15. The van der Waals surface area contributed by atoms with Crippen molar-refractivity contribution in [3.05, 3.63) is 29.3 Å². The summed E-state index contributed by atoms with van der Waals surface area (Å²) in [6.45, 7) is 2.13. The standard InChI is InChI=1S/C11H15NO/c1-2-3-4-9-7-11(12)6-5-10(9)8-13/h5-8H,2-4,12H2,1H3. The number of nitrogen functional groups attached to an aromatic ring is 1. The van der Waals surface area contributed by atoms with Crippen molar-refractivity contribution in [1.82, 2.24) is 0 Å². The third-order valence-electron chi connectivity index (χ3n) is 2.09. The van der Waals surface area contributed by atoms with E-state index >= 15 is 0 Å². The summed E-state index contributed by atoms with van der Waals surface area (Å²) in [5.74, 6) is 0. The van der Waals surface area contributed by atoms with Gasteiger partial charge in [0.15, 0.2) is 0 Å². The molecule has 1 aromatic carbocycles. The fourth-order valence-corrected chi connectivity index (χ4v) is 1.32. The van der Waals surface area contributed by atoms with Gasteiger partial charge in [0.25, 0.3) is 0 Å². The first kappa shape index (κ1) is 9.78. The van der Waals surface area contributed by atoms with E-state index in [0.717, 1.165) is 42.4 Å². The van der Waals surface area contributed by atoms with Gasteiger partial charge in [-0.2, -0.15) is 0 Å². The van der Waals surface area contributed by atoms with E-state index in [1.165, 1.54) is 0 Å². The summed E-state index contributed by atoms with van der Waals surface area (Å²) in [7, 11) is 0. The number of carbonyl (C=O) groups excluding carboxylic acids is 1. The molecule has 0 saturated carbocycles. The van der Waals surface area contributed by atoms with Gasteiger partial charge in [-0.15, -0.1) is 0 Å². The summed E-state index contributed by atoms with van der Waals surface area (Å²) < 4.78 is 0. The number of benzene rings is 1. The molecular formula is C11H15NO. The molecule has 1 rings (SSSR count). The van der Waals surface area contributed by atoms with Crippen molar-refractivity contribution in [2.24, 2.45) is 0 Å². The summed E-state index contributed by atoms with van der Waals surface area (Å²) in [5, 5.41) is 0. The Labute approximate surface area is 78.8 Å². The van der Waals surface area contributed by atoms with Crippen molar-refractivity contribution in [3.8, 4) is 0 Å². The summed E-state index contributed by atoms with van der Waals surface area (Å²) in [5.41, 5.74) is 8.20. The number of rotatable bonds is 4. The fraction of sp³-hybridized carbons (Fsp3) is 0.364. The number of anilines is 1. The van der Waals surface area contributed by atoms with Gasteiger partial charge >= 0.3 is 0 Å². The molecular weight excluding hydrogens is 162 g/mol. The number of aryl methyl sites for hydroxylation is 1. The van der Waals surface area contributed by atoms with Crippen LogP contribution in [-0.4, -0.2) is 6.29 Å². The highest BCUT2D eigenvalue weighted by atomic mass is 16.1. The van der Waals surface area contributed by atoms with Crippen LogP contribution in [0.3, 0.4) is 0 Å². The van der Waals surface area contributed by atoms with Crippen molar-refractivity contribution in [2.45, 2.75) is 26.2 Å². The van der Waals surface area contributed by atoms with Gasteiger partial charge in [0, 0.05) is 11.3 Å². The maximum atomic E-state index is 10.7. The van der Waals surface area contributed by atoms with E-state index in [1.807, 2.05) is 6.07 Å². The molecule has 0 aliphatic carbocycles. The molecule has 2 nitrogen and oxygen atoms in total.